The summed E-state index contributed by atoms with van der Waals surface area (Å²) in [6.07, 6.45) is 4.34. The van der Waals surface area contributed by atoms with Crippen LogP contribution >= 0.6 is 0 Å². The van der Waals surface area contributed by atoms with Crippen molar-refractivity contribution in [3.63, 3.8) is 0 Å². The van der Waals surface area contributed by atoms with E-state index >= 15 is 0 Å². The average Bonchev–Trinajstić information content (AvgIpc) is 3.09. The van der Waals surface area contributed by atoms with E-state index in [1.165, 1.54) is 29.3 Å². The number of hydrogen-bond acceptors (Lipinski definition) is 2. The number of benzene rings is 1. The van der Waals surface area contributed by atoms with Crippen LogP contribution in [-0.4, -0.2) is 11.5 Å². The molecule has 0 bridgehead atoms. The van der Waals surface area contributed by atoms with Crippen LogP contribution in [0.5, 0.6) is 0 Å². The van der Waals surface area contributed by atoms with Crippen LogP contribution in [0, 0.1) is 0 Å². The van der Waals surface area contributed by atoms with Gasteiger partial charge in [0.05, 0.1) is 0 Å². The lowest BCUT2D eigenvalue weighted by atomic mass is 10.00. The molecule has 1 heterocycles. The molecule has 1 aromatic heterocycles. The highest BCUT2D eigenvalue weighted by molar-refractivity contribution is 5.82. The molecule has 1 aliphatic rings. The molecule has 1 fully saturated rings. The van der Waals surface area contributed by atoms with Crippen molar-refractivity contribution in [1.82, 2.24) is 4.98 Å². The van der Waals surface area contributed by atoms with E-state index in [9.17, 15) is 0 Å². The van der Waals surface area contributed by atoms with Gasteiger partial charge in [0.25, 0.3) is 0 Å². The van der Waals surface area contributed by atoms with E-state index in [1.54, 1.807) is 0 Å². The third-order valence-electron chi connectivity index (χ3n) is 3.42. The Morgan fingerprint density at radius 1 is 1.20 bits per heavy atom. The van der Waals surface area contributed by atoms with Crippen LogP contribution in [0.3, 0.4) is 0 Å². The first-order valence-electron chi connectivity index (χ1n) is 5.39. The predicted octanol–water partition coefficient (Wildman–Crippen LogP) is 2.23. The van der Waals surface area contributed by atoms with E-state index < -0.39 is 0 Å². The molecule has 0 unspecified atom stereocenters. The second kappa shape index (κ2) is 3.04. The Morgan fingerprint density at radius 2 is 1.93 bits per heavy atom. The van der Waals surface area contributed by atoms with Crippen LogP contribution in [0.2, 0.25) is 0 Å². The Balaban J connectivity index is 2.14. The van der Waals surface area contributed by atoms with Gasteiger partial charge in [-0.3, -0.25) is 4.98 Å². The van der Waals surface area contributed by atoms with Crippen molar-refractivity contribution in [2.75, 3.05) is 6.54 Å². The molecule has 76 valence electrons. The lowest BCUT2D eigenvalue weighted by Gasteiger charge is -2.11. The lowest BCUT2D eigenvalue weighted by molar-refractivity contribution is 0.680. The van der Waals surface area contributed by atoms with Crippen LogP contribution in [0.15, 0.2) is 36.5 Å². The van der Waals surface area contributed by atoms with E-state index in [0.717, 1.165) is 6.54 Å². The minimum atomic E-state index is 0.198. The molecule has 2 aromatic rings. The van der Waals surface area contributed by atoms with Crippen molar-refractivity contribution in [1.29, 1.82) is 0 Å². The Hall–Kier alpha value is -1.41. The largest absolute Gasteiger partial charge is 0.330 e. The molecule has 0 atom stereocenters. The van der Waals surface area contributed by atoms with Gasteiger partial charge in [-0.1, -0.05) is 24.3 Å². The number of rotatable bonds is 2. The molecule has 3 rings (SSSR count). The van der Waals surface area contributed by atoms with Crippen molar-refractivity contribution in [3.05, 3.63) is 42.2 Å². The Kier molecular flexibility index (Phi) is 1.80. The quantitative estimate of drug-likeness (QED) is 0.803. The maximum Gasteiger partial charge on any atom is 0.0484 e. The normalized spacial score (nSPS) is 17.9. The second-order valence-electron chi connectivity index (χ2n) is 4.40. The molecule has 2 heteroatoms. The van der Waals surface area contributed by atoms with Crippen LogP contribution in [0.1, 0.15) is 18.5 Å². The van der Waals surface area contributed by atoms with Gasteiger partial charge in [0.15, 0.2) is 0 Å². The molecule has 1 saturated carbocycles. The zero-order valence-corrected chi connectivity index (χ0v) is 8.61. The average molecular weight is 198 g/mol. The summed E-state index contributed by atoms with van der Waals surface area (Å²) < 4.78 is 0. The number of hydrogen-bond donors (Lipinski definition) is 1. The van der Waals surface area contributed by atoms with E-state index in [-0.39, 0.29) is 5.41 Å². The summed E-state index contributed by atoms with van der Waals surface area (Å²) in [7, 11) is 0. The highest BCUT2D eigenvalue weighted by Crippen LogP contribution is 2.46. The van der Waals surface area contributed by atoms with Crippen molar-refractivity contribution in [3.8, 4) is 0 Å². The van der Waals surface area contributed by atoms with Crippen molar-refractivity contribution in [2.45, 2.75) is 18.3 Å². The van der Waals surface area contributed by atoms with Gasteiger partial charge in [0.2, 0.25) is 0 Å². The third kappa shape index (κ3) is 1.33. The van der Waals surface area contributed by atoms with E-state index in [2.05, 4.69) is 29.2 Å². The molecule has 1 aromatic carbocycles. The molecule has 2 nitrogen and oxygen atoms in total. The SMILES string of the molecule is NCC1(c2cc3ccccc3cn2)CC1. The topological polar surface area (TPSA) is 38.9 Å². The standard InChI is InChI=1S/C13H14N2/c14-9-13(5-6-13)12-7-10-3-1-2-4-11(10)8-15-12/h1-4,7-8H,5-6,9,14H2. The van der Waals surface area contributed by atoms with Gasteiger partial charge < -0.3 is 5.73 Å². The van der Waals surface area contributed by atoms with Crippen LogP contribution in [-0.2, 0) is 5.41 Å². The molecular weight excluding hydrogens is 184 g/mol. The Labute approximate surface area is 89.1 Å². The van der Waals surface area contributed by atoms with Crippen molar-refractivity contribution < 1.29 is 0 Å². The van der Waals surface area contributed by atoms with Crippen LogP contribution in [0.4, 0.5) is 0 Å². The van der Waals surface area contributed by atoms with Gasteiger partial charge in [0, 0.05) is 29.2 Å². The minimum absolute atomic E-state index is 0.198. The predicted molar refractivity (Wildman–Crippen MR) is 61.7 cm³/mol. The molecule has 0 aliphatic heterocycles. The number of aromatic nitrogens is 1. The van der Waals surface area contributed by atoms with Crippen molar-refractivity contribution in [2.24, 2.45) is 5.73 Å². The fourth-order valence-electron chi connectivity index (χ4n) is 2.09. The van der Waals surface area contributed by atoms with Gasteiger partial charge in [-0.05, 0) is 24.3 Å². The summed E-state index contributed by atoms with van der Waals surface area (Å²) in [6, 6.07) is 10.5. The van der Waals surface area contributed by atoms with Gasteiger partial charge >= 0.3 is 0 Å². The highest BCUT2D eigenvalue weighted by atomic mass is 14.8. The summed E-state index contributed by atoms with van der Waals surface area (Å²) in [5.74, 6) is 0. The fourth-order valence-corrected chi connectivity index (χ4v) is 2.09. The highest BCUT2D eigenvalue weighted by Gasteiger charge is 2.44. The van der Waals surface area contributed by atoms with Gasteiger partial charge in [0.1, 0.15) is 0 Å². The van der Waals surface area contributed by atoms with Crippen molar-refractivity contribution >= 4 is 10.8 Å². The molecule has 0 spiro atoms. The number of nitrogens with zero attached hydrogens (tertiary/aromatic N) is 1. The van der Waals surface area contributed by atoms with Gasteiger partial charge in [-0.15, -0.1) is 0 Å². The summed E-state index contributed by atoms with van der Waals surface area (Å²) in [5, 5.41) is 2.47. The summed E-state index contributed by atoms with van der Waals surface area (Å²) >= 11 is 0. The minimum Gasteiger partial charge on any atom is -0.330 e. The Morgan fingerprint density at radius 3 is 2.60 bits per heavy atom. The zero-order chi connectivity index (χ0) is 10.3. The first-order chi connectivity index (χ1) is 7.34. The van der Waals surface area contributed by atoms with E-state index in [0.29, 0.717) is 0 Å². The number of nitrogens with two attached hydrogens (primary N) is 1. The summed E-state index contributed by atoms with van der Waals surface area (Å²) in [5.41, 5.74) is 7.17. The van der Waals surface area contributed by atoms with Crippen LogP contribution < -0.4 is 5.73 Å². The lowest BCUT2D eigenvalue weighted by Crippen LogP contribution is -2.20. The monoisotopic (exact) mass is 198 g/mol. The molecule has 15 heavy (non-hydrogen) atoms. The molecule has 0 saturated heterocycles. The first-order valence-corrected chi connectivity index (χ1v) is 5.39. The van der Waals surface area contributed by atoms with E-state index in [1.807, 2.05) is 12.3 Å². The van der Waals surface area contributed by atoms with Crippen LogP contribution in [0.25, 0.3) is 10.8 Å². The van der Waals surface area contributed by atoms with Gasteiger partial charge in [-0.2, -0.15) is 0 Å². The fraction of sp³-hybridized carbons (Fsp3) is 0.308. The first kappa shape index (κ1) is 8.86. The maximum absolute atomic E-state index is 5.80. The molecule has 0 amide bonds. The van der Waals surface area contributed by atoms with Gasteiger partial charge in [-0.25, -0.2) is 0 Å². The number of fused-ring (bicyclic) bond motifs is 1. The third-order valence-corrected chi connectivity index (χ3v) is 3.42. The second-order valence-corrected chi connectivity index (χ2v) is 4.40. The molecule has 0 radical (unpaired) electrons. The molecule has 1 aliphatic carbocycles. The molecular formula is C13H14N2. The summed E-state index contributed by atoms with van der Waals surface area (Å²) in [4.78, 5) is 4.53. The zero-order valence-electron chi connectivity index (χ0n) is 8.61. The smallest absolute Gasteiger partial charge is 0.0484 e. The van der Waals surface area contributed by atoms with E-state index in [4.69, 9.17) is 5.73 Å². The molecule has 2 N–H and O–H groups in total. The Bertz CT molecular complexity index is 501. The number of pyridine rings is 1. The summed E-state index contributed by atoms with van der Waals surface area (Å²) in [6.45, 7) is 0.721. The maximum atomic E-state index is 5.80.